The number of rotatable bonds is 4. The summed E-state index contributed by atoms with van der Waals surface area (Å²) in [6.07, 6.45) is 4.12. The van der Waals surface area contributed by atoms with Gasteiger partial charge in [0, 0.05) is 13.0 Å². The Bertz CT molecular complexity index is 337. The quantitative estimate of drug-likeness (QED) is 0.734. The van der Waals surface area contributed by atoms with E-state index in [9.17, 15) is 4.79 Å². The summed E-state index contributed by atoms with van der Waals surface area (Å²) in [6.45, 7) is 2.87. The molecule has 0 aromatic carbocycles. The molecule has 1 aromatic rings. The van der Waals surface area contributed by atoms with Crippen molar-refractivity contribution in [2.45, 2.75) is 38.7 Å². The number of hydrogen-bond donors (Lipinski definition) is 0. The molecule has 0 spiro atoms. The zero-order valence-corrected chi connectivity index (χ0v) is 9.81. The average molecular weight is 224 g/mol. The van der Waals surface area contributed by atoms with Crippen LogP contribution in [0.3, 0.4) is 0 Å². The number of thiophene rings is 1. The summed E-state index contributed by atoms with van der Waals surface area (Å²) in [4.78, 5) is 12.8. The molecule has 0 radical (unpaired) electrons. The lowest BCUT2D eigenvalue weighted by Gasteiger charge is -2.07. The molecule has 0 aliphatic carbocycles. The zero-order valence-electron chi connectivity index (χ0n) is 8.99. The number of carbonyl (C=O) groups is 1. The number of ether oxygens (including phenoxy) is 1. The van der Waals surface area contributed by atoms with Gasteiger partial charge in [0.1, 0.15) is 0 Å². The molecule has 0 N–H and O–H groups in total. The van der Waals surface area contributed by atoms with Crippen molar-refractivity contribution in [3.8, 4) is 0 Å². The van der Waals surface area contributed by atoms with Crippen LogP contribution in [0.1, 0.15) is 40.9 Å². The monoisotopic (exact) mass is 224 g/mol. The molecule has 1 atom stereocenters. The molecule has 2 heterocycles. The van der Waals surface area contributed by atoms with E-state index in [1.807, 2.05) is 18.4 Å². The Morgan fingerprint density at radius 2 is 2.53 bits per heavy atom. The molecule has 1 aliphatic rings. The van der Waals surface area contributed by atoms with E-state index in [1.165, 1.54) is 0 Å². The third-order valence-electron chi connectivity index (χ3n) is 2.83. The lowest BCUT2D eigenvalue weighted by molar-refractivity contribution is 0.0862. The fraction of sp³-hybridized carbons (Fsp3) is 0.583. The first-order chi connectivity index (χ1) is 7.27. The van der Waals surface area contributed by atoms with Crippen LogP contribution in [0.2, 0.25) is 0 Å². The largest absolute Gasteiger partial charge is 0.378 e. The molecule has 2 nitrogen and oxygen atoms in total. The maximum absolute atomic E-state index is 11.8. The van der Waals surface area contributed by atoms with E-state index in [4.69, 9.17) is 4.74 Å². The predicted octanol–water partition coefficient (Wildman–Crippen LogP) is 3.20. The van der Waals surface area contributed by atoms with Crippen molar-refractivity contribution in [2.24, 2.45) is 0 Å². The van der Waals surface area contributed by atoms with Crippen molar-refractivity contribution >= 4 is 17.1 Å². The molecule has 15 heavy (non-hydrogen) atoms. The first kappa shape index (κ1) is 10.8. The Hall–Kier alpha value is -0.670. The maximum atomic E-state index is 11.8. The van der Waals surface area contributed by atoms with E-state index in [0.717, 1.165) is 36.3 Å². The van der Waals surface area contributed by atoms with Crippen LogP contribution >= 0.6 is 11.3 Å². The van der Waals surface area contributed by atoms with E-state index >= 15 is 0 Å². The van der Waals surface area contributed by atoms with Gasteiger partial charge in [0.25, 0.3) is 0 Å². The highest BCUT2D eigenvalue weighted by atomic mass is 32.1. The second kappa shape index (κ2) is 4.90. The standard InChI is InChI=1S/C12H16O2S/c1-9-6-8-15-12(9)11(13)5-4-10-3-2-7-14-10/h6,8,10H,2-5,7H2,1H3. The highest BCUT2D eigenvalue weighted by Gasteiger charge is 2.18. The van der Waals surface area contributed by atoms with Gasteiger partial charge in [-0.25, -0.2) is 0 Å². The molecular weight excluding hydrogens is 208 g/mol. The van der Waals surface area contributed by atoms with Crippen LogP contribution in [0.4, 0.5) is 0 Å². The average Bonchev–Trinajstić information content (AvgIpc) is 2.84. The van der Waals surface area contributed by atoms with Crippen LogP contribution in [-0.2, 0) is 4.74 Å². The second-order valence-corrected chi connectivity index (χ2v) is 4.95. The minimum Gasteiger partial charge on any atom is -0.378 e. The molecule has 1 saturated heterocycles. The Kier molecular flexibility index (Phi) is 3.54. The molecule has 2 rings (SSSR count). The highest BCUT2D eigenvalue weighted by Crippen LogP contribution is 2.21. The Morgan fingerprint density at radius 1 is 1.67 bits per heavy atom. The van der Waals surface area contributed by atoms with E-state index in [2.05, 4.69) is 0 Å². The number of ketones is 1. The van der Waals surface area contributed by atoms with Gasteiger partial charge in [-0.15, -0.1) is 11.3 Å². The lowest BCUT2D eigenvalue weighted by Crippen LogP contribution is -2.08. The molecule has 1 aliphatic heterocycles. The second-order valence-electron chi connectivity index (χ2n) is 4.03. The molecular formula is C12H16O2S. The van der Waals surface area contributed by atoms with Crippen LogP contribution in [-0.4, -0.2) is 18.5 Å². The summed E-state index contributed by atoms with van der Waals surface area (Å²) in [5.41, 5.74) is 1.11. The third-order valence-corrected chi connectivity index (χ3v) is 3.89. The summed E-state index contributed by atoms with van der Waals surface area (Å²) in [5, 5.41) is 1.98. The van der Waals surface area contributed by atoms with Gasteiger partial charge in [0.05, 0.1) is 11.0 Å². The predicted molar refractivity (Wildman–Crippen MR) is 61.6 cm³/mol. The van der Waals surface area contributed by atoms with Gasteiger partial charge in [-0.1, -0.05) is 0 Å². The Labute approximate surface area is 94.3 Å². The maximum Gasteiger partial charge on any atom is 0.173 e. The number of Topliss-reactive ketones (excluding diaryl/α,β-unsaturated/α-hetero) is 1. The molecule has 82 valence electrons. The molecule has 0 amide bonds. The van der Waals surface area contributed by atoms with Crippen molar-refractivity contribution in [1.29, 1.82) is 0 Å². The Balaban J connectivity index is 1.84. The molecule has 1 unspecified atom stereocenters. The first-order valence-electron chi connectivity index (χ1n) is 5.46. The highest BCUT2D eigenvalue weighted by molar-refractivity contribution is 7.12. The van der Waals surface area contributed by atoms with Crippen LogP contribution in [0.15, 0.2) is 11.4 Å². The molecule has 3 heteroatoms. The van der Waals surface area contributed by atoms with Gasteiger partial charge >= 0.3 is 0 Å². The third kappa shape index (κ3) is 2.67. The Morgan fingerprint density at radius 3 is 3.13 bits per heavy atom. The van der Waals surface area contributed by atoms with Crippen molar-refractivity contribution in [3.63, 3.8) is 0 Å². The van der Waals surface area contributed by atoms with Gasteiger partial charge in [0.15, 0.2) is 5.78 Å². The van der Waals surface area contributed by atoms with Crippen LogP contribution in [0, 0.1) is 6.92 Å². The van der Waals surface area contributed by atoms with E-state index < -0.39 is 0 Å². The minimum atomic E-state index is 0.276. The smallest absolute Gasteiger partial charge is 0.173 e. The number of hydrogen-bond acceptors (Lipinski definition) is 3. The topological polar surface area (TPSA) is 26.3 Å². The van der Waals surface area contributed by atoms with Crippen molar-refractivity contribution < 1.29 is 9.53 Å². The molecule has 1 aromatic heterocycles. The van der Waals surface area contributed by atoms with Gasteiger partial charge in [-0.05, 0) is 43.2 Å². The summed E-state index contributed by atoms with van der Waals surface area (Å²) >= 11 is 1.55. The van der Waals surface area contributed by atoms with E-state index in [0.29, 0.717) is 12.5 Å². The summed E-state index contributed by atoms with van der Waals surface area (Å²) < 4.78 is 5.50. The van der Waals surface area contributed by atoms with Crippen LogP contribution < -0.4 is 0 Å². The number of aryl methyl sites for hydroxylation is 1. The summed E-state index contributed by atoms with van der Waals surface area (Å²) in [5.74, 6) is 0.276. The van der Waals surface area contributed by atoms with Gasteiger partial charge < -0.3 is 4.74 Å². The van der Waals surface area contributed by atoms with Crippen LogP contribution in [0.5, 0.6) is 0 Å². The molecule has 0 saturated carbocycles. The minimum absolute atomic E-state index is 0.276. The SMILES string of the molecule is Cc1ccsc1C(=O)CCC1CCCO1. The van der Waals surface area contributed by atoms with Gasteiger partial charge in [0.2, 0.25) is 0 Å². The normalized spacial score (nSPS) is 20.7. The van der Waals surface area contributed by atoms with Gasteiger partial charge in [-0.3, -0.25) is 4.79 Å². The van der Waals surface area contributed by atoms with E-state index in [-0.39, 0.29) is 5.78 Å². The molecule has 1 fully saturated rings. The summed E-state index contributed by atoms with van der Waals surface area (Å²) in [7, 11) is 0. The number of carbonyl (C=O) groups excluding carboxylic acids is 1. The lowest BCUT2D eigenvalue weighted by atomic mass is 10.1. The van der Waals surface area contributed by atoms with Crippen molar-refractivity contribution in [3.05, 3.63) is 21.9 Å². The molecule has 0 bridgehead atoms. The zero-order chi connectivity index (χ0) is 10.7. The fourth-order valence-electron chi connectivity index (χ4n) is 1.94. The van der Waals surface area contributed by atoms with Gasteiger partial charge in [-0.2, -0.15) is 0 Å². The van der Waals surface area contributed by atoms with Crippen molar-refractivity contribution in [2.75, 3.05) is 6.61 Å². The first-order valence-corrected chi connectivity index (χ1v) is 6.34. The fourth-order valence-corrected chi connectivity index (χ4v) is 2.83. The van der Waals surface area contributed by atoms with Crippen molar-refractivity contribution in [1.82, 2.24) is 0 Å². The summed E-state index contributed by atoms with van der Waals surface area (Å²) in [6, 6.07) is 2.00. The van der Waals surface area contributed by atoms with Crippen LogP contribution in [0.25, 0.3) is 0 Å². The van der Waals surface area contributed by atoms with E-state index in [1.54, 1.807) is 11.3 Å².